The summed E-state index contributed by atoms with van der Waals surface area (Å²) in [7, 11) is 2.95. The van der Waals surface area contributed by atoms with E-state index in [1.807, 2.05) is 20.8 Å². The highest BCUT2D eigenvalue weighted by atomic mass is 32.2. The largest absolute Gasteiger partial charge is 0.338 e. The van der Waals surface area contributed by atoms with Crippen molar-refractivity contribution in [3.8, 4) is 0 Å². The van der Waals surface area contributed by atoms with E-state index < -0.39 is 16.7 Å². The molecule has 0 aliphatic carbocycles. The summed E-state index contributed by atoms with van der Waals surface area (Å²) in [5.41, 5.74) is -0.506. The summed E-state index contributed by atoms with van der Waals surface area (Å²) in [5.74, 6) is 0.370. The lowest BCUT2D eigenvalue weighted by molar-refractivity contribution is -0.113. The van der Waals surface area contributed by atoms with Crippen molar-refractivity contribution in [2.24, 2.45) is 14.1 Å². The van der Waals surface area contributed by atoms with Gasteiger partial charge < -0.3 is 4.52 Å². The van der Waals surface area contributed by atoms with Crippen molar-refractivity contribution in [3.63, 3.8) is 0 Å². The highest BCUT2D eigenvalue weighted by Crippen LogP contribution is 2.27. The zero-order valence-corrected chi connectivity index (χ0v) is 17.9. The number of fused-ring (bicyclic) bond motifs is 1. The van der Waals surface area contributed by atoms with Crippen LogP contribution in [0.5, 0.6) is 0 Å². The lowest BCUT2D eigenvalue weighted by atomic mass is 9.96. The van der Waals surface area contributed by atoms with Crippen molar-refractivity contribution in [1.82, 2.24) is 24.3 Å². The number of carbonyl (C=O) groups is 1. The molecule has 10 nitrogen and oxygen atoms in total. The van der Waals surface area contributed by atoms with Gasteiger partial charge in [-0.3, -0.25) is 24.0 Å². The average Bonchev–Trinajstić information content (AvgIpc) is 3.06. The Kier molecular flexibility index (Phi) is 5.35. The number of hydrogen-bond donors (Lipinski definition) is 1. The van der Waals surface area contributed by atoms with Crippen molar-refractivity contribution < 1.29 is 9.32 Å². The molecular formula is C18H22N6O4S. The van der Waals surface area contributed by atoms with Gasteiger partial charge >= 0.3 is 5.69 Å². The number of aromatic nitrogens is 5. The van der Waals surface area contributed by atoms with Crippen LogP contribution >= 0.6 is 11.8 Å². The molecule has 1 amide bonds. The summed E-state index contributed by atoms with van der Waals surface area (Å²) in [6, 6.07) is 1.60. The minimum absolute atomic E-state index is 0.0125. The van der Waals surface area contributed by atoms with E-state index in [1.54, 1.807) is 20.0 Å². The Morgan fingerprint density at radius 3 is 2.48 bits per heavy atom. The predicted molar refractivity (Wildman–Crippen MR) is 109 cm³/mol. The summed E-state index contributed by atoms with van der Waals surface area (Å²) in [5, 5.41) is 6.87. The molecule has 3 aromatic rings. The number of thioether (sulfide) groups is 1. The number of hydrogen-bond acceptors (Lipinski definition) is 8. The standard InChI is InChI=1S/C18H22N6O4S/c1-9-7-11(28-22-9)19-10(25)8-29-14-12-13(20-16(21-14)18(2,3)4)23(5)17(27)24(6)15(12)26/h7H,8H2,1-6H3,(H,19,25). The van der Waals surface area contributed by atoms with E-state index in [1.165, 1.54) is 11.6 Å². The summed E-state index contributed by atoms with van der Waals surface area (Å²) in [6.45, 7) is 7.54. The third-order valence-electron chi connectivity index (χ3n) is 4.17. The van der Waals surface area contributed by atoms with Crippen LogP contribution in [0.25, 0.3) is 11.0 Å². The monoisotopic (exact) mass is 418 g/mol. The van der Waals surface area contributed by atoms with Crippen LogP contribution in [0.1, 0.15) is 32.3 Å². The molecule has 0 bridgehead atoms. The molecule has 0 aliphatic heterocycles. The molecule has 0 saturated heterocycles. The molecule has 0 aromatic carbocycles. The molecule has 3 aromatic heterocycles. The van der Waals surface area contributed by atoms with Gasteiger partial charge in [-0.05, 0) is 6.92 Å². The first-order valence-corrected chi connectivity index (χ1v) is 9.82. The average molecular weight is 418 g/mol. The maximum atomic E-state index is 12.8. The molecule has 29 heavy (non-hydrogen) atoms. The van der Waals surface area contributed by atoms with E-state index in [9.17, 15) is 14.4 Å². The molecule has 0 radical (unpaired) electrons. The minimum Gasteiger partial charge on any atom is -0.338 e. The quantitative estimate of drug-likeness (QED) is 0.497. The van der Waals surface area contributed by atoms with E-state index in [2.05, 4.69) is 20.4 Å². The Hall–Kier alpha value is -2.95. The Morgan fingerprint density at radius 1 is 1.21 bits per heavy atom. The van der Waals surface area contributed by atoms with Crippen LogP contribution in [0, 0.1) is 6.92 Å². The van der Waals surface area contributed by atoms with E-state index in [0.29, 0.717) is 16.5 Å². The first-order chi connectivity index (χ1) is 13.5. The van der Waals surface area contributed by atoms with Gasteiger partial charge in [-0.1, -0.05) is 37.7 Å². The highest BCUT2D eigenvalue weighted by Gasteiger charge is 2.24. The zero-order chi connectivity index (χ0) is 21.5. The lowest BCUT2D eigenvalue weighted by Crippen LogP contribution is -2.38. The number of amides is 1. The second-order valence-corrected chi connectivity index (χ2v) is 8.64. The molecule has 0 aliphatic rings. The maximum absolute atomic E-state index is 12.8. The van der Waals surface area contributed by atoms with Crippen LogP contribution in [0.3, 0.4) is 0 Å². The number of rotatable bonds is 4. The van der Waals surface area contributed by atoms with Gasteiger partial charge in [0.25, 0.3) is 5.56 Å². The number of nitrogens with one attached hydrogen (secondary N) is 1. The normalized spacial score (nSPS) is 11.8. The van der Waals surface area contributed by atoms with E-state index >= 15 is 0 Å². The van der Waals surface area contributed by atoms with Crippen LogP contribution in [-0.2, 0) is 24.3 Å². The first-order valence-electron chi connectivity index (χ1n) is 8.83. The van der Waals surface area contributed by atoms with Crippen molar-refractivity contribution in [1.29, 1.82) is 0 Å². The minimum atomic E-state index is -0.502. The lowest BCUT2D eigenvalue weighted by Gasteiger charge is -2.19. The van der Waals surface area contributed by atoms with Crippen LogP contribution in [0.4, 0.5) is 5.88 Å². The summed E-state index contributed by atoms with van der Waals surface area (Å²) < 4.78 is 7.29. The molecule has 0 saturated carbocycles. The van der Waals surface area contributed by atoms with Crippen molar-refractivity contribution in [3.05, 3.63) is 38.4 Å². The second-order valence-electron chi connectivity index (χ2n) is 7.68. The van der Waals surface area contributed by atoms with E-state index in [0.717, 1.165) is 16.3 Å². The Labute approximate surface area is 170 Å². The molecule has 0 fully saturated rings. The fourth-order valence-corrected chi connectivity index (χ4v) is 3.41. The van der Waals surface area contributed by atoms with Gasteiger partial charge in [0.05, 0.1) is 11.4 Å². The van der Waals surface area contributed by atoms with Crippen molar-refractivity contribution in [2.45, 2.75) is 38.1 Å². The van der Waals surface area contributed by atoms with Crippen LogP contribution in [0.15, 0.2) is 25.2 Å². The number of carbonyl (C=O) groups excluding carboxylic acids is 1. The van der Waals surface area contributed by atoms with E-state index in [4.69, 9.17) is 4.52 Å². The number of aryl methyl sites for hydroxylation is 2. The maximum Gasteiger partial charge on any atom is 0.332 e. The molecule has 0 atom stereocenters. The summed E-state index contributed by atoms with van der Waals surface area (Å²) in [6.07, 6.45) is 0. The molecule has 11 heteroatoms. The molecule has 0 spiro atoms. The molecule has 1 N–H and O–H groups in total. The first kappa shape index (κ1) is 20.8. The van der Waals surface area contributed by atoms with Gasteiger partial charge in [-0.2, -0.15) is 0 Å². The predicted octanol–water partition coefficient (Wildman–Crippen LogP) is 1.35. The summed E-state index contributed by atoms with van der Waals surface area (Å²) >= 11 is 1.10. The zero-order valence-electron chi connectivity index (χ0n) is 17.1. The van der Waals surface area contributed by atoms with Gasteiger partial charge in [0.1, 0.15) is 16.2 Å². The van der Waals surface area contributed by atoms with Gasteiger partial charge in [-0.15, -0.1) is 0 Å². The number of nitrogens with zero attached hydrogens (tertiary/aromatic N) is 5. The van der Waals surface area contributed by atoms with Crippen LogP contribution < -0.4 is 16.6 Å². The van der Waals surface area contributed by atoms with Crippen molar-refractivity contribution >= 4 is 34.6 Å². The molecular weight excluding hydrogens is 396 g/mol. The SMILES string of the molecule is Cc1cc(NC(=O)CSc2nc(C(C)(C)C)nc3c2c(=O)n(C)c(=O)n3C)on1. The van der Waals surface area contributed by atoms with Gasteiger partial charge in [0.2, 0.25) is 11.8 Å². The van der Waals surface area contributed by atoms with E-state index in [-0.39, 0.29) is 28.6 Å². The number of anilines is 1. The Balaban J connectivity index is 2.04. The molecule has 3 heterocycles. The summed E-state index contributed by atoms with van der Waals surface area (Å²) in [4.78, 5) is 46.4. The second kappa shape index (κ2) is 7.47. The highest BCUT2D eigenvalue weighted by molar-refractivity contribution is 8.00. The van der Waals surface area contributed by atoms with Gasteiger partial charge in [0, 0.05) is 25.6 Å². The fourth-order valence-electron chi connectivity index (χ4n) is 2.60. The molecule has 0 unspecified atom stereocenters. The topological polar surface area (TPSA) is 125 Å². The van der Waals surface area contributed by atoms with Crippen molar-refractivity contribution in [2.75, 3.05) is 11.1 Å². The van der Waals surface area contributed by atoms with Gasteiger partial charge in [0.15, 0.2) is 5.65 Å². The molecule has 154 valence electrons. The smallest absolute Gasteiger partial charge is 0.332 e. The van der Waals surface area contributed by atoms with Gasteiger partial charge in [-0.25, -0.2) is 14.8 Å². The molecule has 3 rings (SSSR count). The third-order valence-corrected chi connectivity index (χ3v) is 5.14. The third kappa shape index (κ3) is 4.09. The van der Waals surface area contributed by atoms with Crippen LogP contribution in [0.2, 0.25) is 0 Å². The fraction of sp³-hybridized carbons (Fsp3) is 0.444. The Bertz CT molecular complexity index is 1220. The Morgan fingerprint density at radius 2 is 1.90 bits per heavy atom. The van der Waals surface area contributed by atoms with Crippen LogP contribution in [-0.4, -0.2) is 35.9 Å².